The number of para-hydroxylation sites is 1. The van der Waals surface area contributed by atoms with Crippen molar-refractivity contribution >= 4 is 28.9 Å². The monoisotopic (exact) mass is 397 g/mol. The number of esters is 1. The molecule has 0 aromatic heterocycles. The first kappa shape index (κ1) is 18.6. The van der Waals surface area contributed by atoms with Gasteiger partial charge in [0, 0.05) is 5.56 Å². The quantitative estimate of drug-likeness (QED) is 0.629. The number of carbonyl (C=O) groups is 3. The molecule has 0 aliphatic carbocycles. The lowest BCUT2D eigenvalue weighted by Gasteiger charge is -2.24. The Labute approximate surface area is 166 Å². The fourth-order valence-electron chi connectivity index (χ4n) is 3.55. The standard InChI is InChI=1S/C21H19NO5S/c1-21(2)17(14-5-3-4-6-15(14)27-21)19(24)26-13-9-7-12(8-10-13)11-16-18(23)22-20(25)28-16/h3-10,16-17H,11H2,1-2H3,(H,22,23,25)/t16?,17-/m0/s1. The molecule has 0 saturated carbocycles. The Bertz CT molecular complexity index is 954. The third-order valence-electron chi connectivity index (χ3n) is 4.86. The van der Waals surface area contributed by atoms with Crippen molar-refractivity contribution in [2.45, 2.75) is 37.0 Å². The van der Waals surface area contributed by atoms with Gasteiger partial charge in [-0.1, -0.05) is 42.1 Å². The zero-order chi connectivity index (χ0) is 19.9. The van der Waals surface area contributed by atoms with Crippen LogP contribution in [0.15, 0.2) is 48.5 Å². The molecule has 2 aliphatic rings. The summed E-state index contributed by atoms with van der Waals surface area (Å²) < 4.78 is 11.5. The summed E-state index contributed by atoms with van der Waals surface area (Å²) in [7, 11) is 0. The van der Waals surface area contributed by atoms with Crippen molar-refractivity contribution < 1.29 is 23.9 Å². The van der Waals surface area contributed by atoms with Crippen molar-refractivity contribution in [3.8, 4) is 11.5 Å². The Morgan fingerprint density at radius 1 is 1.14 bits per heavy atom. The molecule has 1 fully saturated rings. The van der Waals surface area contributed by atoms with Gasteiger partial charge in [0.1, 0.15) is 23.0 Å². The minimum absolute atomic E-state index is 0.271. The van der Waals surface area contributed by atoms with Gasteiger partial charge in [0.05, 0.1) is 5.25 Å². The number of ether oxygens (including phenoxy) is 2. The Kier molecular flexibility index (Phi) is 4.63. The van der Waals surface area contributed by atoms with Crippen LogP contribution < -0.4 is 14.8 Å². The molecule has 1 unspecified atom stereocenters. The Morgan fingerprint density at radius 3 is 2.54 bits per heavy atom. The third-order valence-corrected chi connectivity index (χ3v) is 5.85. The molecule has 2 aromatic carbocycles. The molecule has 0 bridgehead atoms. The molecule has 1 saturated heterocycles. The van der Waals surface area contributed by atoms with Crippen LogP contribution >= 0.6 is 11.8 Å². The SMILES string of the molecule is CC1(C)Oc2ccccc2[C@H]1C(=O)Oc1ccc(CC2SC(=O)NC2=O)cc1. The second-order valence-corrected chi connectivity index (χ2v) is 8.50. The van der Waals surface area contributed by atoms with E-state index < -0.39 is 16.8 Å². The minimum atomic E-state index is -0.694. The Balaban J connectivity index is 1.45. The topological polar surface area (TPSA) is 81.7 Å². The molecule has 1 N–H and O–H groups in total. The third kappa shape index (κ3) is 3.49. The maximum absolute atomic E-state index is 12.8. The second-order valence-electron chi connectivity index (χ2n) is 7.33. The van der Waals surface area contributed by atoms with Gasteiger partial charge in [-0.15, -0.1) is 0 Å². The lowest BCUT2D eigenvalue weighted by Crippen LogP contribution is -2.37. The molecule has 4 rings (SSSR count). The highest BCUT2D eigenvalue weighted by Crippen LogP contribution is 2.45. The van der Waals surface area contributed by atoms with Gasteiger partial charge in [0.15, 0.2) is 0 Å². The Hall–Kier alpha value is -2.80. The number of carbonyl (C=O) groups excluding carboxylic acids is 3. The highest BCUT2D eigenvalue weighted by molar-refractivity contribution is 8.15. The maximum Gasteiger partial charge on any atom is 0.323 e. The average molecular weight is 397 g/mol. The van der Waals surface area contributed by atoms with Crippen molar-refractivity contribution in [1.29, 1.82) is 0 Å². The number of amides is 2. The number of nitrogens with one attached hydrogen (secondary N) is 1. The van der Waals surface area contributed by atoms with Crippen LogP contribution in [-0.2, 0) is 16.0 Å². The summed E-state index contributed by atoms with van der Waals surface area (Å²) in [6, 6.07) is 14.5. The molecule has 2 atom stereocenters. The predicted molar refractivity (Wildman–Crippen MR) is 105 cm³/mol. The van der Waals surface area contributed by atoms with Gasteiger partial charge in [-0.3, -0.25) is 19.7 Å². The second kappa shape index (κ2) is 6.98. The van der Waals surface area contributed by atoms with E-state index >= 15 is 0 Å². The number of thioether (sulfide) groups is 1. The smallest absolute Gasteiger partial charge is 0.323 e. The summed E-state index contributed by atoms with van der Waals surface area (Å²) in [6.07, 6.45) is 0.438. The number of hydrogen-bond acceptors (Lipinski definition) is 6. The lowest BCUT2D eigenvalue weighted by atomic mass is 9.87. The number of hydrogen-bond donors (Lipinski definition) is 1. The normalized spacial score (nSPS) is 22.4. The van der Waals surface area contributed by atoms with Gasteiger partial charge < -0.3 is 9.47 Å². The van der Waals surface area contributed by atoms with Crippen molar-refractivity contribution in [3.05, 3.63) is 59.7 Å². The molecule has 0 spiro atoms. The van der Waals surface area contributed by atoms with Gasteiger partial charge >= 0.3 is 5.97 Å². The van der Waals surface area contributed by atoms with Crippen molar-refractivity contribution in [1.82, 2.24) is 5.32 Å². The number of rotatable bonds is 4. The molecule has 28 heavy (non-hydrogen) atoms. The zero-order valence-corrected chi connectivity index (χ0v) is 16.2. The highest BCUT2D eigenvalue weighted by atomic mass is 32.2. The van der Waals surface area contributed by atoms with Crippen LogP contribution in [0, 0.1) is 0 Å². The summed E-state index contributed by atoms with van der Waals surface area (Å²) in [5.41, 5.74) is 1.01. The fraction of sp³-hybridized carbons (Fsp3) is 0.286. The van der Waals surface area contributed by atoms with E-state index in [1.165, 1.54) is 0 Å². The van der Waals surface area contributed by atoms with Gasteiger partial charge in [-0.05, 0) is 44.0 Å². The van der Waals surface area contributed by atoms with Gasteiger partial charge in [0.25, 0.3) is 5.24 Å². The highest BCUT2D eigenvalue weighted by Gasteiger charge is 2.46. The van der Waals surface area contributed by atoms with E-state index in [1.807, 2.05) is 38.1 Å². The van der Waals surface area contributed by atoms with Gasteiger partial charge in [0.2, 0.25) is 5.91 Å². The molecule has 0 radical (unpaired) electrons. The number of imide groups is 1. The van der Waals surface area contributed by atoms with Crippen LogP contribution in [0.25, 0.3) is 0 Å². The molecular weight excluding hydrogens is 378 g/mol. The van der Waals surface area contributed by atoms with Crippen LogP contribution in [0.3, 0.4) is 0 Å². The summed E-state index contributed by atoms with van der Waals surface area (Å²) >= 11 is 0.995. The largest absolute Gasteiger partial charge is 0.486 e. The first-order valence-corrected chi connectivity index (χ1v) is 9.81. The predicted octanol–water partition coefficient (Wildman–Crippen LogP) is 3.44. The average Bonchev–Trinajstić information content (AvgIpc) is 3.10. The molecule has 6 nitrogen and oxygen atoms in total. The van der Waals surface area contributed by atoms with Gasteiger partial charge in [-0.25, -0.2) is 0 Å². The van der Waals surface area contributed by atoms with Crippen molar-refractivity contribution in [2.75, 3.05) is 0 Å². The molecular formula is C21H19NO5S. The van der Waals surface area contributed by atoms with Crippen LogP contribution in [0.2, 0.25) is 0 Å². The van der Waals surface area contributed by atoms with Crippen molar-refractivity contribution in [2.24, 2.45) is 0 Å². The van der Waals surface area contributed by atoms with E-state index in [0.29, 0.717) is 17.9 Å². The summed E-state index contributed by atoms with van der Waals surface area (Å²) in [6.45, 7) is 3.74. The maximum atomic E-state index is 12.8. The molecule has 2 heterocycles. The lowest BCUT2D eigenvalue weighted by molar-refractivity contribution is -0.139. The van der Waals surface area contributed by atoms with E-state index in [-0.39, 0.29) is 17.1 Å². The van der Waals surface area contributed by atoms with Crippen molar-refractivity contribution in [3.63, 3.8) is 0 Å². The molecule has 144 valence electrons. The molecule has 7 heteroatoms. The van der Waals surface area contributed by atoms with E-state index in [9.17, 15) is 14.4 Å². The van der Waals surface area contributed by atoms with E-state index in [4.69, 9.17) is 9.47 Å². The number of benzene rings is 2. The fourth-order valence-corrected chi connectivity index (χ4v) is 4.41. The van der Waals surface area contributed by atoms with E-state index in [1.54, 1.807) is 24.3 Å². The summed E-state index contributed by atoms with van der Waals surface area (Å²) in [5, 5.41) is 1.54. The summed E-state index contributed by atoms with van der Waals surface area (Å²) in [4.78, 5) is 35.8. The summed E-state index contributed by atoms with van der Waals surface area (Å²) in [5.74, 6) is -0.0418. The van der Waals surface area contributed by atoms with Crippen LogP contribution in [0.4, 0.5) is 4.79 Å². The van der Waals surface area contributed by atoms with E-state index in [0.717, 1.165) is 22.9 Å². The van der Waals surface area contributed by atoms with E-state index in [2.05, 4.69) is 5.32 Å². The zero-order valence-electron chi connectivity index (χ0n) is 15.4. The molecule has 2 aromatic rings. The van der Waals surface area contributed by atoms with Crippen LogP contribution in [0.1, 0.15) is 30.9 Å². The van der Waals surface area contributed by atoms with Gasteiger partial charge in [-0.2, -0.15) is 0 Å². The first-order chi connectivity index (χ1) is 13.3. The Morgan fingerprint density at radius 2 is 1.86 bits per heavy atom. The minimum Gasteiger partial charge on any atom is -0.486 e. The number of fused-ring (bicyclic) bond motifs is 1. The first-order valence-electron chi connectivity index (χ1n) is 8.93. The van der Waals surface area contributed by atoms with Crippen LogP contribution in [-0.4, -0.2) is 28.0 Å². The molecule has 2 aliphatic heterocycles. The molecule has 2 amide bonds. The van der Waals surface area contributed by atoms with Crippen LogP contribution in [0.5, 0.6) is 11.5 Å².